The van der Waals surface area contributed by atoms with E-state index in [1.165, 1.54) is 0 Å². The molecule has 0 aromatic heterocycles. The minimum atomic E-state index is -0.0881. The molecule has 5 nitrogen and oxygen atoms in total. The van der Waals surface area contributed by atoms with Crippen molar-refractivity contribution in [3.63, 3.8) is 0 Å². The first-order valence-electron chi connectivity index (χ1n) is 10.9. The van der Waals surface area contributed by atoms with E-state index in [1.807, 2.05) is 19.1 Å². The summed E-state index contributed by atoms with van der Waals surface area (Å²) in [5.74, 6) is 0.822. The Morgan fingerprint density at radius 1 is 1.00 bits per heavy atom. The zero-order valence-corrected chi connectivity index (χ0v) is 17.5. The van der Waals surface area contributed by atoms with Gasteiger partial charge >= 0.3 is 0 Å². The summed E-state index contributed by atoms with van der Waals surface area (Å²) in [6, 6.07) is 5.50. The average Bonchev–Trinajstić information content (AvgIpc) is 3.39. The summed E-state index contributed by atoms with van der Waals surface area (Å²) in [6.45, 7) is 1.93. The lowest BCUT2D eigenvalue weighted by Gasteiger charge is -2.33. The van der Waals surface area contributed by atoms with Crippen LogP contribution in [0.25, 0.3) is 0 Å². The van der Waals surface area contributed by atoms with Crippen LogP contribution in [0.1, 0.15) is 50.5 Å². The van der Waals surface area contributed by atoms with Crippen molar-refractivity contribution in [1.29, 1.82) is 0 Å². The Kier molecular flexibility index (Phi) is 4.69. The number of hydrogen-bond acceptors (Lipinski definition) is 3. The summed E-state index contributed by atoms with van der Waals surface area (Å²) < 4.78 is 0. The standard InChI is InChI=1S/C23H27ClN2O3/c1-12-2-7-16(11-18(12)24)25-21(27)13-5-8-17(9-6-13)26-22(28)19-14-3-4-15(10-14)20(19)23(26)29/h2,7,11,13-15,17,19-20H,3-6,8-10H2,1H3,(H,25,27)/t13?,14-,15-,17?,19-,20-/m0/s1. The summed E-state index contributed by atoms with van der Waals surface area (Å²) in [5.41, 5.74) is 1.68. The lowest BCUT2D eigenvalue weighted by atomic mass is 9.81. The highest BCUT2D eigenvalue weighted by molar-refractivity contribution is 6.31. The summed E-state index contributed by atoms with van der Waals surface area (Å²) in [5, 5.41) is 3.60. The second kappa shape index (κ2) is 7.12. The molecule has 3 aliphatic carbocycles. The Labute approximate surface area is 176 Å². The number of amides is 3. The fourth-order valence-electron chi connectivity index (χ4n) is 6.30. The van der Waals surface area contributed by atoms with E-state index in [0.29, 0.717) is 35.4 Å². The van der Waals surface area contributed by atoms with Crippen LogP contribution >= 0.6 is 11.6 Å². The van der Waals surface area contributed by atoms with Crippen LogP contribution in [0, 0.1) is 36.5 Å². The van der Waals surface area contributed by atoms with Crippen LogP contribution in [0.3, 0.4) is 0 Å². The van der Waals surface area contributed by atoms with E-state index in [-0.39, 0.29) is 41.5 Å². The van der Waals surface area contributed by atoms with Gasteiger partial charge in [0.15, 0.2) is 0 Å². The van der Waals surface area contributed by atoms with E-state index in [9.17, 15) is 14.4 Å². The van der Waals surface area contributed by atoms with Crippen LogP contribution < -0.4 is 5.32 Å². The molecule has 1 aliphatic heterocycles. The molecule has 0 radical (unpaired) electrons. The van der Waals surface area contributed by atoms with Crippen molar-refractivity contribution in [3.05, 3.63) is 28.8 Å². The third-order valence-corrected chi connectivity index (χ3v) is 8.24. The molecule has 1 saturated heterocycles. The molecule has 1 N–H and O–H groups in total. The lowest BCUT2D eigenvalue weighted by Crippen LogP contribution is -2.44. The number of nitrogens with zero attached hydrogens (tertiary/aromatic N) is 1. The largest absolute Gasteiger partial charge is 0.326 e. The first-order chi connectivity index (χ1) is 13.9. The van der Waals surface area contributed by atoms with Gasteiger partial charge in [-0.3, -0.25) is 19.3 Å². The Bertz CT molecular complexity index is 849. The number of fused-ring (bicyclic) bond motifs is 5. The van der Waals surface area contributed by atoms with Gasteiger partial charge in [-0.05, 0) is 81.4 Å². The maximum atomic E-state index is 13.0. The molecule has 4 fully saturated rings. The van der Waals surface area contributed by atoms with E-state index in [1.54, 1.807) is 11.0 Å². The molecular formula is C23H27ClN2O3. The summed E-state index contributed by atoms with van der Waals surface area (Å²) in [6.07, 6.45) is 6.13. The fourth-order valence-corrected chi connectivity index (χ4v) is 6.48. The van der Waals surface area contributed by atoms with Crippen LogP contribution in [-0.2, 0) is 14.4 Å². The quantitative estimate of drug-likeness (QED) is 0.754. The molecule has 3 amide bonds. The molecular weight excluding hydrogens is 388 g/mol. The molecule has 1 aromatic carbocycles. The molecule has 1 aromatic rings. The van der Waals surface area contributed by atoms with Crippen molar-refractivity contribution in [2.75, 3.05) is 5.32 Å². The molecule has 4 aliphatic rings. The minimum Gasteiger partial charge on any atom is -0.326 e. The first-order valence-corrected chi connectivity index (χ1v) is 11.3. The molecule has 0 spiro atoms. The van der Waals surface area contributed by atoms with Gasteiger partial charge < -0.3 is 5.32 Å². The molecule has 4 atom stereocenters. The van der Waals surface area contributed by atoms with Crippen molar-refractivity contribution >= 4 is 35.0 Å². The van der Waals surface area contributed by atoms with Crippen molar-refractivity contribution in [2.24, 2.45) is 29.6 Å². The third kappa shape index (κ3) is 3.09. The van der Waals surface area contributed by atoms with Gasteiger partial charge in [0.2, 0.25) is 17.7 Å². The Morgan fingerprint density at radius 2 is 1.62 bits per heavy atom. The number of halogens is 1. The van der Waals surface area contributed by atoms with Gasteiger partial charge in [0.1, 0.15) is 0 Å². The monoisotopic (exact) mass is 414 g/mol. The predicted molar refractivity (Wildman–Crippen MR) is 110 cm³/mol. The van der Waals surface area contributed by atoms with E-state index in [4.69, 9.17) is 11.6 Å². The normalized spacial score (nSPS) is 35.9. The van der Waals surface area contributed by atoms with Gasteiger partial charge in [0.05, 0.1) is 11.8 Å². The van der Waals surface area contributed by atoms with Gasteiger partial charge in [-0.15, -0.1) is 0 Å². The van der Waals surface area contributed by atoms with Crippen LogP contribution in [-0.4, -0.2) is 28.7 Å². The van der Waals surface area contributed by atoms with Crippen LogP contribution in [0.2, 0.25) is 5.02 Å². The topological polar surface area (TPSA) is 66.5 Å². The number of hydrogen-bond donors (Lipinski definition) is 1. The van der Waals surface area contributed by atoms with Gasteiger partial charge in [0, 0.05) is 22.7 Å². The number of likely N-dealkylation sites (tertiary alicyclic amines) is 1. The molecule has 154 valence electrons. The van der Waals surface area contributed by atoms with Crippen molar-refractivity contribution < 1.29 is 14.4 Å². The zero-order valence-electron chi connectivity index (χ0n) is 16.7. The number of benzene rings is 1. The molecule has 29 heavy (non-hydrogen) atoms. The molecule has 2 bridgehead atoms. The highest BCUT2D eigenvalue weighted by Gasteiger charge is 2.61. The van der Waals surface area contributed by atoms with Crippen molar-refractivity contribution in [1.82, 2.24) is 4.90 Å². The first kappa shape index (κ1) is 19.1. The van der Waals surface area contributed by atoms with Gasteiger partial charge in [-0.2, -0.15) is 0 Å². The van der Waals surface area contributed by atoms with E-state index < -0.39 is 0 Å². The molecule has 6 heteroatoms. The minimum absolute atomic E-state index is 0.00245. The smallest absolute Gasteiger partial charge is 0.233 e. The highest BCUT2D eigenvalue weighted by Crippen LogP contribution is 2.56. The molecule has 5 rings (SSSR count). The number of nitrogens with one attached hydrogen (secondary N) is 1. The zero-order chi connectivity index (χ0) is 20.3. The maximum Gasteiger partial charge on any atom is 0.233 e. The summed E-state index contributed by atoms with van der Waals surface area (Å²) >= 11 is 6.15. The van der Waals surface area contributed by atoms with Crippen molar-refractivity contribution in [2.45, 2.75) is 57.9 Å². The second-order valence-electron chi connectivity index (χ2n) is 9.39. The third-order valence-electron chi connectivity index (χ3n) is 7.83. The maximum absolute atomic E-state index is 13.0. The van der Waals surface area contributed by atoms with Gasteiger partial charge in [-0.1, -0.05) is 17.7 Å². The van der Waals surface area contributed by atoms with Crippen LogP contribution in [0.4, 0.5) is 5.69 Å². The number of rotatable bonds is 3. The number of aryl methyl sites for hydroxylation is 1. The van der Waals surface area contributed by atoms with E-state index in [2.05, 4.69) is 5.32 Å². The SMILES string of the molecule is Cc1ccc(NC(=O)C2CCC(N3C(=O)[C@H]4[C@H]5CC[C@@H](C5)[C@@H]4C3=O)CC2)cc1Cl. The number of imide groups is 1. The Hall–Kier alpha value is -1.88. The van der Waals surface area contributed by atoms with Crippen molar-refractivity contribution in [3.8, 4) is 0 Å². The fraction of sp³-hybridized carbons (Fsp3) is 0.609. The number of carbonyl (C=O) groups is 3. The molecule has 0 unspecified atom stereocenters. The van der Waals surface area contributed by atoms with Crippen LogP contribution in [0.5, 0.6) is 0 Å². The van der Waals surface area contributed by atoms with Gasteiger partial charge in [0.25, 0.3) is 0 Å². The second-order valence-corrected chi connectivity index (χ2v) is 9.80. The number of anilines is 1. The molecule has 3 saturated carbocycles. The van der Waals surface area contributed by atoms with E-state index in [0.717, 1.165) is 37.7 Å². The molecule has 1 heterocycles. The summed E-state index contributed by atoms with van der Waals surface area (Å²) in [4.78, 5) is 40.3. The predicted octanol–water partition coefficient (Wildman–Crippen LogP) is 4.18. The lowest BCUT2D eigenvalue weighted by molar-refractivity contribution is -0.144. The number of carbonyl (C=O) groups excluding carboxylic acids is 3. The Morgan fingerprint density at radius 3 is 2.21 bits per heavy atom. The van der Waals surface area contributed by atoms with E-state index >= 15 is 0 Å². The van der Waals surface area contributed by atoms with Gasteiger partial charge in [-0.25, -0.2) is 0 Å². The summed E-state index contributed by atoms with van der Waals surface area (Å²) in [7, 11) is 0. The van der Waals surface area contributed by atoms with Crippen LogP contribution in [0.15, 0.2) is 18.2 Å². The highest BCUT2D eigenvalue weighted by atomic mass is 35.5. The Balaban J connectivity index is 1.20. The average molecular weight is 415 g/mol.